The summed E-state index contributed by atoms with van der Waals surface area (Å²) >= 11 is 0. The van der Waals surface area contributed by atoms with Crippen LogP contribution in [-0.2, 0) is 13.1 Å². The van der Waals surface area contributed by atoms with Crippen LogP contribution in [-0.4, -0.2) is 0 Å². The van der Waals surface area contributed by atoms with Crippen LogP contribution in [0.15, 0.2) is 54.6 Å². The molecule has 0 aliphatic heterocycles. The highest BCUT2D eigenvalue weighted by Crippen LogP contribution is 2.01. The van der Waals surface area contributed by atoms with Crippen molar-refractivity contribution in [2.75, 3.05) is 0 Å². The summed E-state index contributed by atoms with van der Waals surface area (Å²) in [5.74, 6) is 0. The molecule has 0 aromatic heterocycles. The molecule has 1 heteroatoms. The number of hydrogen-bond donors (Lipinski definition) is 1. The van der Waals surface area contributed by atoms with Gasteiger partial charge in [-0.3, -0.25) is 0 Å². The third kappa shape index (κ3) is 3.21. The first kappa shape index (κ1) is 10.9. The summed E-state index contributed by atoms with van der Waals surface area (Å²) in [6, 6.07) is 19.3. The lowest BCUT2D eigenvalue weighted by Crippen LogP contribution is -2.80. The Hall–Kier alpha value is -1.60. The van der Waals surface area contributed by atoms with Crippen molar-refractivity contribution >= 4 is 0 Å². The predicted molar refractivity (Wildman–Crippen MR) is 67.0 cm³/mol. The molecule has 16 heavy (non-hydrogen) atoms. The van der Waals surface area contributed by atoms with Crippen molar-refractivity contribution in [2.45, 2.75) is 20.0 Å². The molecule has 0 aliphatic rings. The van der Waals surface area contributed by atoms with Crippen molar-refractivity contribution in [3.63, 3.8) is 0 Å². The maximum absolute atomic E-state index is 2.33. The summed E-state index contributed by atoms with van der Waals surface area (Å²) in [6.07, 6.45) is 0. The second-order valence-electron chi connectivity index (χ2n) is 4.17. The summed E-state index contributed by atoms with van der Waals surface area (Å²) < 4.78 is 0. The fourth-order valence-electron chi connectivity index (χ4n) is 1.74. The quantitative estimate of drug-likeness (QED) is 0.800. The molecule has 0 amide bonds. The molecule has 2 aromatic carbocycles. The molecule has 0 saturated heterocycles. The lowest BCUT2D eigenvalue weighted by Gasteiger charge is -2.02. The third-order valence-electron chi connectivity index (χ3n) is 2.72. The van der Waals surface area contributed by atoms with Gasteiger partial charge >= 0.3 is 0 Å². The molecular formula is C15H18N+. The smallest absolute Gasteiger partial charge is 0.101 e. The Morgan fingerprint density at radius 2 is 1.31 bits per heavy atom. The van der Waals surface area contributed by atoms with Crippen molar-refractivity contribution in [1.29, 1.82) is 0 Å². The Bertz CT molecular complexity index is 417. The topological polar surface area (TPSA) is 16.6 Å². The Morgan fingerprint density at radius 3 is 1.94 bits per heavy atom. The number of quaternary nitrogens is 1. The van der Waals surface area contributed by atoms with E-state index in [9.17, 15) is 0 Å². The van der Waals surface area contributed by atoms with Crippen molar-refractivity contribution in [1.82, 2.24) is 0 Å². The standard InChI is InChI=1S/C15H17N/c1-13-7-9-15(10-8-13)12-16-11-14-5-3-2-4-6-14/h2-10,16H,11-12H2,1H3/p+1. The zero-order valence-electron chi connectivity index (χ0n) is 9.69. The molecule has 0 saturated carbocycles. The zero-order valence-corrected chi connectivity index (χ0v) is 9.69. The van der Waals surface area contributed by atoms with Gasteiger partial charge in [0.1, 0.15) is 13.1 Å². The van der Waals surface area contributed by atoms with E-state index in [2.05, 4.69) is 66.8 Å². The van der Waals surface area contributed by atoms with Crippen LogP contribution in [0, 0.1) is 6.92 Å². The average Bonchev–Trinajstić information content (AvgIpc) is 2.33. The number of hydrogen-bond acceptors (Lipinski definition) is 0. The minimum Gasteiger partial charge on any atom is -0.339 e. The first-order chi connectivity index (χ1) is 7.84. The lowest BCUT2D eigenvalue weighted by molar-refractivity contribution is -0.686. The van der Waals surface area contributed by atoms with Gasteiger partial charge in [0.15, 0.2) is 0 Å². The lowest BCUT2D eigenvalue weighted by atomic mass is 10.1. The Balaban J connectivity index is 1.82. The highest BCUT2D eigenvalue weighted by atomic mass is 14.8. The number of aryl methyl sites for hydroxylation is 1. The van der Waals surface area contributed by atoms with Crippen LogP contribution in [0.25, 0.3) is 0 Å². The third-order valence-corrected chi connectivity index (χ3v) is 2.72. The molecule has 2 N–H and O–H groups in total. The second kappa shape index (κ2) is 5.47. The number of nitrogens with two attached hydrogens (primary N) is 1. The molecule has 0 unspecified atom stereocenters. The van der Waals surface area contributed by atoms with E-state index < -0.39 is 0 Å². The largest absolute Gasteiger partial charge is 0.339 e. The molecule has 0 fully saturated rings. The van der Waals surface area contributed by atoms with Gasteiger partial charge in [0.05, 0.1) is 0 Å². The Kier molecular flexibility index (Phi) is 3.73. The molecule has 0 atom stereocenters. The Labute approximate surface area is 97.1 Å². The first-order valence-electron chi connectivity index (χ1n) is 5.76. The molecule has 0 spiro atoms. The fraction of sp³-hybridized carbons (Fsp3) is 0.200. The first-order valence-corrected chi connectivity index (χ1v) is 5.76. The average molecular weight is 212 g/mol. The molecule has 82 valence electrons. The normalized spacial score (nSPS) is 10.3. The molecule has 2 rings (SSSR count). The number of benzene rings is 2. The van der Waals surface area contributed by atoms with E-state index in [0.29, 0.717) is 0 Å². The van der Waals surface area contributed by atoms with Crippen LogP contribution >= 0.6 is 0 Å². The van der Waals surface area contributed by atoms with Crippen LogP contribution in [0.3, 0.4) is 0 Å². The minimum atomic E-state index is 1.05. The molecule has 0 bridgehead atoms. The minimum absolute atomic E-state index is 1.05. The van der Waals surface area contributed by atoms with Gasteiger partial charge in [0.25, 0.3) is 0 Å². The highest BCUT2D eigenvalue weighted by molar-refractivity contribution is 5.20. The predicted octanol–water partition coefficient (Wildman–Crippen LogP) is 2.26. The number of rotatable bonds is 4. The van der Waals surface area contributed by atoms with Gasteiger partial charge in [-0.25, -0.2) is 0 Å². The van der Waals surface area contributed by atoms with Crippen molar-refractivity contribution in [3.8, 4) is 0 Å². The van der Waals surface area contributed by atoms with Gasteiger partial charge < -0.3 is 5.32 Å². The maximum Gasteiger partial charge on any atom is 0.101 e. The van der Waals surface area contributed by atoms with Crippen LogP contribution in [0.4, 0.5) is 0 Å². The Morgan fingerprint density at radius 1 is 0.750 bits per heavy atom. The van der Waals surface area contributed by atoms with Crippen LogP contribution < -0.4 is 5.32 Å². The second-order valence-corrected chi connectivity index (χ2v) is 4.17. The monoisotopic (exact) mass is 212 g/mol. The SMILES string of the molecule is Cc1ccc(C[NH2+]Cc2ccccc2)cc1. The summed E-state index contributed by atoms with van der Waals surface area (Å²) in [5.41, 5.74) is 4.10. The maximum atomic E-state index is 2.33. The van der Waals surface area contributed by atoms with Gasteiger partial charge in [0.2, 0.25) is 0 Å². The van der Waals surface area contributed by atoms with E-state index in [1.165, 1.54) is 16.7 Å². The summed E-state index contributed by atoms with van der Waals surface area (Å²) in [5, 5.41) is 2.33. The molecule has 0 aliphatic carbocycles. The zero-order chi connectivity index (χ0) is 11.2. The highest BCUT2D eigenvalue weighted by Gasteiger charge is 1.96. The van der Waals surface area contributed by atoms with Gasteiger partial charge in [-0.2, -0.15) is 0 Å². The van der Waals surface area contributed by atoms with Crippen LogP contribution in [0.2, 0.25) is 0 Å². The van der Waals surface area contributed by atoms with Gasteiger partial charge in [0, 0.05) is 11.1 Å². The summed E-state index contributed by atoms with van der Waals surface area (Å²) in [4.78, 5) is 0. The van der Waals surface area contributed by atoms with Crippen molar-refractivity contribution in [2.24, 2.45) is 0 Å². The van der Waals surface area contributed by atoms with E-state index in [4.69, 9.17) is 0 Å². The summed E-state index contributed by atoms with van der Waals surface area (Å²) in [6.45, 7) is 4.22. The summed E-state index contributed by atoms with van der Waals surface area (Å²) in [7, 11) is 0. The van der Waals surface area contributed by atoms with E-state index in [1.54, 1.807) is 0 Å². The van der Waals surface area contributed by atoms with Crippen molar-refractivity contribution < 1.29 is 5.32 Å². The van der Waals surface area contributed by atoms with E-state index >= 15 is 0 Å². The van der Waals surface area contributed by atoms with E-state index in [-0.39, 0.29) is 0 Å². The van der Waals surface area contributed by atoms with Gasteiger partial charge in [-0.1, -0.05) is 60.2 Å². The van der Waals surface area contributed by atoms with E-state index in [1.807, 2.05) is 0 Å². The molecule has 1 nitrogen and oxygen atoms in total. The molecule has 0 heterocycles. The van der Waals surface area contributed by atoms with Crippen LogP contribution in [0.5, 0.6) is 0 Å². The van der Waals surface area contributed by atoms with Crippen molar-refractivity contribution in [3.05, 3.63) is 71.3 Å². The van der Waals surface area contributed by atoms with E-state index in [0.717, 1.165) is 13.1 Å². The van der Waals surface area contributed by atoms with Gasteiger partial charge in [-0.15, -0.1) is 0 Å². The van der Waals surface area contributed by atoms with Crippen LogP contribution in [0.1, 0.15) is 16.7 Å². The molecule has 2 aromatic rings. The fourth-order valence-corrected chi connectivity index (χ4v) is 1.74. The molecule has 0 radical (unpaired) electrons. The molecular weight excluding hydrogens is 194 g/mol. The van der Waals surface area contributed by atoms with Gasteiger partial charge in [-0.05, 0) is 6.92 Å².